The predicted molar refractivity (Wildman–Crippen MR) is 327 cm³/mol. The summed E-state index contributed by atoms with van der Waals surface area (Å²) in [6, 6.07) is 4.71. The molecular formula is C59H79ClF6N12O10Si2. The number of nitrogens with one attached hydrogen (secondary N) is 1. The van der Waals surface area contributed by atoms with Crippen LogP contribution in [0.15, 0.2) is 49.1 Å². The largest absolute Gasteiger partial charge is 0.469 e. The summed E-state index contributed by atoms with van der Waals surface area (Å²) >= 11 is 6.28. The number of nitrogens with zero attached hydrogens (tertiary/aromatic N) is 10. The van der Waals surface area contributed by atoms with Crippen LogP contribution in [0.2, 0.25) is 56.5 Å². The highest BCUT2D eigenvalue weighted by molar-refractivity contribution is 6.76. The molecule has 10 rings (SSSR count). The second-order valence-corrected chi connectivity index (χ2v) is 36.7. The molecule has 0 radical (unpaired) electrons. The van der Waals surface area contributed by atoms with Crippen LogP contribution < -0.4 is 11.1 Å². The number of anilines is 1. The Morgan fingerprint density at radius 3 is 1.54 bits per heavy atom. The third-order valence-electron chi connectivity index (χ3n) is 16.0. The fourth-order valence-corrected chi connectivity index (χ4v) is 12.9. The van der Waals surface area contributed by atoms with Crippen molar-refractivity contribution in [3.63, 3.8) is 0 Å². The predicted octanol–water partition coefficient (Wildman–Crippen LogP) is 8.96. The highest BCUT2D eigenvalue weighted by Crippen LogP contribution is 2.40. The molecule has 6 heterocycles. The van der Waals surface area contributed by atoms with E-state index in [4.69, 9.17) is 31.5 Å². The molecule has 0 bridgehead atoms. The molecule has 0 spiro atoms. The van der Waals surface area contributed by atoms with E-state index >= 15 is 0 Å². The maximum Gasteiger partial charge on any atom is 0.308 e. The van der Waals surface area contributed by atoms with E-state index in [-0.39, 0.29) is 127 Å². The first-order valence-corrected chi connectivity index (χ1v) is 36.9. The first kappa shape index (κ1) is 70.8. The summed E-state index contributed by atoms with van der Waals surface area (Å²) in [7, 11) is -0.0590. The number of carbonyl (C=O) groups is 4. The fraction of sp³-hybridized carbons (Fsp3) is 0.559. The summed E-state index contributed by atoms with van der Waals surface area (Å²) in [4.78, 5) is 69.8. The lowest BCUT2D eigenvalue weighted by Gasteiger charge is -2.24. The molecule has 2 saturated carbocycles. The van der Waals surface area contributed by atoms with E-state index < -0.39 is 106 Å². The summed E-state index contributed by atoms with van der Waals surface area (Å²) in [5, 5.41) is 32.3. The summed E-state index contributed by atoms with van der Waals surface area (Å²) in [6.07, 6.45) is -0.758. The molecule has 5 N–H and O–H groups in total. The van der Waals surface area contributed by atoms with Crippen molar-refractivity contribution in [3.8, 4) is 0 Å². The number of esters is 2. The van der Waals surface area contributed by atoms with Crippen molar-refractivity contribution in [2.24, 2.45) is 17.6 Å². The van der Waals surface area contributed by atoms with Gasteiger partial charge in [-0.1, -0.05) is 58.3 Å². The first-order chi connectivity index (χ1) is 42.1. The van der Waals surface area contributed by atoms with Crippen molar-refractivity contribution in [2.75, 3.05) is 45.8 Å². The van der Waals surface area contributed by atoms with Gasteiger partial charge in [0.1, 0.15) is 72.7 Å². The minimum absolute atomic E-state index is 0. The topological polar surface area (TPSA) is 277 Å². The summed E-state index contributed by atoms with van der Waals surface area (Å²) < 4.78 is 110. The Balaban J connectivity index is 0.000000221. The number of ether oxygens (including phenoxy) is 4. The van der Waals surface area contributed by atoms with E-state index in [0.717, 1.165) is 58.3 Å². The number of benzene rings is 2. The van der Waals surface area contributed by atoms with Crippen molar-refractivity contribution in [1.82, 2.24) is 49.3 Å². The zero-order chi connectivity index (χ0) is 64.8. The third kappa shape index (κ3) is 17.1. The van der Waals surface area contributed by atoms with Gasteiger partial charge in [0.05, 0.1) is 80.3 Å². The van der Waals surface area contributed by atoms with Gasteiger partial charge in [0, 0.05) is 59.4 Å². The van der Waals surface area contributed by atoms with E-state index in [1.54, 1.807) is 0 Å². The normalized spacial score (nSPS) is 23.3. The molecule has 4 aromatic heterocycles. The quantitative estimate of drug-likeness (QED) is 0.0205. The first-order valence-electron chi connectivity index (χ1n) is 29.1. The van der Waals surface area contributed by atoms with E-state index in [9.17, 15) is 55.7 Å². The standard InChI is InChI=1S/C29H37F3N6O5Si.C22H25ClF3N5O2Si.C7H13NO3.CH4/c1-42-29(41)16-9-21(23(39)10-16)35-26-24-25(36-38(27(24)34-14-33-26)15-43-7-8-44(2,3)4)28(40)37-13-18(31)12-22(37)19-11-17(30)5-6-20(19)32;1-34(2,3)7-6-33-12-31-21-18(20(23)27-11-28-21)19(29-31)22(32)30-10-14(25)9-17(30)15-8-13(24)4-5-16(15)26;1-11-7(10)4-2-5(8)6(9)3-4;/h5-6,11,14,16,18,21-23,39H,7-10,12-13,15H2,1-4H3,(H,33,34,35);4-5,8,11,14,17H,6-7,9-10,12H2,1-3H3;4-6,9H,2-3,8H2,1H3;1H4/t16-,18+,21-,22-,23-;14-,17+;4-,5-,6-;/m101./s1. The average Bonchev–Trinajstić information content (AvgIpc) is 1.61. The van der Waals surface area contributed by atoms with Crippen LogP contribution in [0.4, 0.5) is 32.2 Å². The molecule has 2 amide bonds. The zero-order valence-electron chi connectivity index (χ0n) is 50.6. The molecular weight excluding hydrogens is 1240 g/mol. The number of aliphatic hydroxyl groups is 2. The molecule has 90 heavy (non-hydrogen) atoms. The van der Waals surface area contributed by atoms with Gasteiger partial charge in [0.15, 0.2) is 22.7 Å². The monoisotopic (exact) mass is 1320 g/mol. The molecule has 22 nitrogen and oxygen atoms in total. The second kappa shape index (κ2) is 30.2. The van der Waals surface area contributed by atoms with Crippen molar-refractivity contribution < 1.29 is 74.7 Å². The van der Waals surface area contributed by atoms with Gasteiger partial charge >= 0.3 is 11.9 Å². The lowest BCUT2D eigenvalue weighted by atomic mass is 10.0. The Bertz CT molecular complexity index is 3500. The molecule has 10 atom stereocenters. The van der Waals surface area contributed by atoms with Gasteiger partial charge in [-0.3, -0.25) is 19.2 Å². The van der Waals surface area contributed by atoms with Gasteiger partial charge in [-0.15, -0.1) is 0 Å². The van der Waals surface area contributed by atoms with Crippen LogP contribution in [0.5, 0.6) is 0 Å². The van der Waals surface area contributed by atoms with E-state index in [0.29, 0.717) is 31.7 Å². The van der Waals surface area contributed by atoms with E-state index in [1.807, 2.05) is 0 Å². The van der Waals surface area contributed by atoms with Crippen LogP contribution in [0, 0.1) is 35.1 Å². The van der Waals surface area contributed by atoms with Crippen LogP contribution >= 0.6 is 11.6 Å². The minimum atomic E-state index is -1.47. The average molecular weight is 1320 g/mol. The molecule has 2 aliphatic heterocycles. The van der Waals surface area contributed by atoms with E-state index in [2.05, 4.69) is 79.5 Å². The lowest BCUT2D eigenvalue weighted by molar-refractivity contribution is -0.146. The van der Waals surface area contributed by atoms with Gasteiger partial charge in [0.2, 0.25) is 0 Å². The number of alkyl halides is 2. The number of halogens is 7. The Morgan fingerprint density at radius 2 is 1.09 bits per heavy atom. The highest BCUT2D eigenvalue weighted by Gasteiger charge is 2.44. The van der Waals surface area contributed by atoms with Crippen LogP contribution in [-0.4, -0.2) is 177 Å². The van der Waals surface area contributed by atoms with Crippen LogP contribution in [0.25, 0.3) is 22.1 Å². The maximum atomic E-state index is 14.8. The summed E-state index contributed by atoms with van der Waals surface area (Å²) in [5.41, 5.74) is 5.60. The molecule has 2 aliphatic carbocycles. The molecule has 492 valence electrons. The number of hydrogen-bond acceptors (Lipinski definition) is 18. The zero-order valence-corrected chi connectivity index (χ0v) is 53.4. The number of rotatable bonds is 18. The molecule has 2 aromatic carbocycles. The number of fused-ring (bicyclic) bond motifs is 2. The Kier molecular flexibility index (Phi) is 23.7. The van der Waals surface area contributed by atoms with Gasteiger partial charge in [0.25, 0.3) is 11.8 Å². The third-order valence-corrected chi connectivity index (χ3v) is 19.7. The molecule has 4 aliphatic rings. The van der Waals surface area contributed by atoms with Crippen molar-refractivity contribution >= 4 is 79.4 Å². The molecule has 6 aromatic rings. The Labute approximate surface area is 524 Å². The van der Waals surface area contributed by atoms with E-state index in [1.165, 1.54) is 36.2 Å². The molecule has 2 saturated heterocycles. The van der Waals surface area contributed by atoms with Crippen LogP contribution in [0.3, 0.4) is 0 Å². The van der Waals surface area contributed by atoms with Crippen molar-refractivity contribution in [3.05, 3.63) is 100.0 Å². The number of amides is 2. The number of hydrogen-bond donors (Lipinski definition) is 4. The number of aliphatic hydroxyl groups excluding tert-OH is 2. The highest BCUT2D eigenvalue weighted by atomic mass is 35.5. The van der Waals surface area contributed by atoms with Crippen LogP contribution in [0.1, 0.15) is 90.1 Å². The smallest absolute Gasteiger partial charge is 0.308 e. The Hall–Kier alpha value is -6.68. The fourth-order valence-electron chi connectivity index (χ4n) is 11.2. The number of likely N-dealkylation sites (tertiary alicyclic amines) is 2. The molecule has 4 fully saturated rings. The number of carbonyl (C=O) groups excluding carboxylic acids is 4. The van der Waals surface area contributed by atoms with Gasteiger partial charge < -0.3 is 50.0 Å². The maximum absolute atomic E-state index is 14.8. The van der Waals surface area contributed by atoms with Crippen LogP contribution in [-0.2, 0) is 42.0 Å². The van der Waals surface area contributed by atoms with Crippen molar-refractivity contribution in [2.45, 2.75) is 160 Å². The lowest BCUT2D eigenvalue weighted by Crippen LogP contribution is -2.33. The van der Waals surface area contributed by atoms with Gasteiger partial charge in [-0.25, -0.2) is 55.6 Å². The summed E-state index contributed by atoms with van der Waals surface area (Å²) in [5.74, 6) is -5.51. The van der Waals surface area contributed by atoms with Gasteiger partial charge in [-0.05, 0) is 74.2 Å². The number of aromatic nitrogens is 8. The Morgan fingerprint density at radius 1 is 0.644 bits per heavy atom. The van der Waals surface area contributed by atoms with Crippen molar-refractivity contribution in [1.29, 1.82) is 0 Å². The minimum Gasteiger partial charge on any atom is -0.469 e. The molecule has 0 unspecified atom stereocenters. The number of methoxy groups -OCH3 is 2. The molecule has 31 heteroatoms. The summed E-state index contributed by atoms with van der Waals surface area (Å²) in [6.45, 7) is 13.7. The van der Waals surface area contributed by atoms with Gasteiger partial charge in [-0.2, -0.15) is 10.2 Å². The second-order valence-electron chi connectivity index (χ2n) is 25.1. The SMILES string of the molecule is C.COC(=O)[C@@H]1C[C@@H](N)[C@H](O)C1.COC(=O)[C@H]1C[C@@H](O)[C@H](Nc2ncnc3c2c(C(=O)N2C[C@@H](F)C[C@@H]2c2cc(F)ccc2F)nn3COCC[Si](C)(C)C)C1.C[Si](C)(C)CCOCn1nc(C(=O)N2C[C@@H](F)C[C@@H]2c2cc(F)ccc2F)c2c(Cl)ncnc21. The number of nitrogens with two attached hydrogens (primary N) is 1.